The van der Waals surface area contributed by atoms with E-state index >= 15 is 0 Å². The summed E-state index contributed by atoms with van der Waals surface area (Å²) >= 11 is 6.72. The minimum Gasteiger partial charge on any atom is -0.508 e. The number of aromatic nitrogens is 2. The quantitative estimate of drug-likeness (QED) is 0.428. The molecule has 244 valence electrons. The van der Waals surface area contributed by atoms with E-state index < -0.39 is 21.9 Å². The van der Waals surface area contributed by atoms with Crippen LogP contribution in [0.15, 0.2) is 12.1 Å². The molecule has 11 nitrogen and oxygen atoms in total. The Morgan fingerprint density at radius 1 is 1.18 bits per heavy atom. The maximum absolute atomic E-state index is 14.5. The van der Waals surface area contributed by atoms with Gasteiger partial charge in [0.1, 0.15) is 24.3 Å². The van der Waals surface area contributed by atoms with Gasteiger partial charge in [0.2, 0.25) is 0 Å². The lowest BCUT2D eigenvalue weighted by molar-refractivity contribution is 0.107. The topological polar surface area (TPSA) is 123 Å². The van der Waals surface area contributed by atoms with Crippen molar-refractivity contribution >= 4 is 33.3 Å². The molecule has 4 saturated heterocycles. The van der Waals surface area contributed by atoms with Crippen molar-refractivity contribution in [2.24, 2.45) is 5.92 Å². The fraction of sp³-hybridized carbons (Fsp3) is 0.677. The molecule has 5 fully saturated rings. The van der Waals surface area contributed by atoms with Gasteiger partial charge in [0.05, 0.1) is 23.3 Å². The second-order valence-corrected chi connectivity index (χ2v) is 16.1. The van der Waals surface area contributed by atoms with Crippen LogP contribution in [0.3, 0.4) is 0 Å². The number of alkyl halides is 1. The number of nitrogens with one attached hydrogen (secondary N) is 2. The highest BCUT2D eigenvalue weighted by atomic mass is 35.5. The van der Waals surface area contributed by atoms with Crippen molar-refractivity contribution < 1.29 is 22.7 Å². The van der Waals surface area contributed by atoms with Crippen molar-refractivity contribution in [1.29, 1.82) is 0 Å². The summed E-state index contributed by atoms with van der Waals surface area (Å²) in [5, 5.41) is 11.1. The predicted molar refractivity (Wildman–Crippen MR) is 169 cm³/mol. The summed E-state index contributed by atoms with van der Waals surface area (Å²) in [6.45, 7) is 6.62. The van der Waals surface area contributed by atoms with E-state index in [1.807, 2.05) is 6.07 Å². The fourth-order valence-corrected chi connectivity index (χ4v) is 10.3. The first kappa shape index (κ1) is 29.9. The lowest BCUT2D eigenvalue weighted by atomic mass is 9.89. The highest BCUT2D eigenvalue weighted by molar-refractivity contribution is 7.87. The number of hydrogen-bond donors (Lipinski definition) is 3. The lowest BCUT2D eigenvalue weighted by Crippen LogP contribution is -2.57. The molecule has 5 aliphatic heterocycles. The zero-order valence-electron chi connectivity index (χ0n) is 25.6. The Morgan fingerprint density at radius 2 is 2.00 bits per heavy atom. The molecule has 0 radical (unpaired) electrons. The van der Waals surface area contributed by atoms with Gasteiger partial charge in [-0.15, -0.1) is 0 Å². The number of ether oxygens (including phenoxy) is 1. The summed E-state index contributed by atoms with van der Waals surface area (Å²) in [5.74, 6) is 1.82. The molecule has 8 rings (SSSR count). The van der Waals surface area contributed by atoms with Crippen LogP contribution in [-0.2, 0) is 23.2 Å². The van der Waals surface area contributed by atoms with Gasteiger partial charge in [-0.2, -0.15) is 23.1 Å². The maximum Gasteiger partial charge on any atom is 0.318 e. The standard InChI is InChI=1S/C31H41ClFN7O4S/c1-19-10-23(19)27-24(32)11-21(41)12-26(27)38-9-4-22-25(15-38)35-29(44-18-31-6-3-8-40(31)14-20(33)13-31)36-28(22)39-7-2-5-30(17-39)16-34-45(42,43)37-30/h11-12,19-20,23,34,37,41H,2-10,13-18H2,1H3/t19-,20+,23+,30-,31-/m0/s1. The number of fused-ring (bicyclic) bond motifs is 2. The van der Waals surface area contributed by atoms with Crippen LogP contribution in [0.1, 0.15) is 68.2 Å². The normalized spacial score (nSPS) is 33.9. The van der Waals surface area contributed by atoms with Crippen LogP contribution in [0, 0.1) is 5.92 Å². The van der Waals surface area contributed by atoms with Crippen LogP contribution >= 0.6 is 11.6 Å². The van der Waals surface area contributed by atoms with Crippen molar-refractivity contribution in [3.05, 3.63) is 34.0 Å². The average Bonchev–Trinajstić information content (AvgIpc) is 3.28. The number of phenols is 1. The van der Waals surface area contributed by atoms with E-state index in [-0.39, 0.29) is 17.3 Å². The van der Waals surface area contributed by atoms with E-state index in [1.165, 1.54) is 0 Å². The minimum absolute atomic E-state index is 0.139. The fourth-order valence-electron chi connectivity index (χ4n) is 8.64. The first-order valence-electron chi connectivity index (χ1n) is 16.2. The van der Waals surface area contributed by atoms with Gasteiger partial charge in [-0.05, 0) is 68.5 Å². The summed E-state index contributed by atoms with van der Waals surface area (Å²) in [5.41, 5.74) is 2.96. The Labute approximate surface area is 268 Å². The van der Waals surface area contributed by atoms with Gasteiger partial charge < -0.3 is 19.6 Å². The molecule has 6 heterocycles. The van der Waals surface area contributed by atoms with Crippen molar-refractivity contribution in [2.75, 3.05) is 55.7 Å². The summed E-state index contributed by atoms with van der Waals surface area (Å²) in [7, 11) is -3.53. The molecule has 45 heavy (non-hydrogen) atoms. The minimum atomic E-state index is -3.53. The van der Waals surface area contributed by atoms with Crippen LogP contribution in [0.4, 0.5) is 15.9 Å². The van der Waals surface area contributed by atoms with Crippen molar-refractivity contribution in [3.8, 4) is 11.8 Å². The number of piperidine rings is 1. The van der Waals surface area contributed by atoms with Gasteiger partial charge in [-0.1, -0.05) is 18.5 Å². The van der Waals surface area contributed by atoms with Gasteiger partial charge in [-0.3, -0.25) is 4.90 Å². The zero-order chi connectivity index (χ0) is 31.1. The second kappa shape index (κ2) is 10.8. The molecule has 0 bridgehead atoms. The Bertz CT molecular complexity index is 1630. The zero-order valence-corrected chi connectivity index (χ0v) is 27.1. The van der Waals surface area contributed by atoms with Gasteiger partial charge in [0.25, 0.3) is 10.2 Å². The SMILES string of the molecule is C[C@H]1C[C@H]1c1c(Cl)cc(O)cc1N1CCc2c(nc(OC[C@@]34CCCN3C[C@H](F)C4)nc2N2CCC[C@]3(CNS(=O)(=O)N3)C2)C1. The number of aromatic hydroxyl groups is 1. The number of benzene rings is 1. The molecular formula is C31H41ClFN7O4S. The Morgan fingerprint density at radius 3 is 2.78 bits per heavy atom. The molecule has 1 aromatic heterocycles. The maximum atomic E-state index is 14.5. The number of hydrogen-bond acceptors (Lipinski definition) is 9. The summed E-state index contributed by atoms with van der Waals surface area (Å²) < 4.78 is 51.0. The number of halogens is 2. The van der Waals surface area contributed by atoms with E-state index in [9.17, 15) is 17.9 Å². The average molecular weight is 662 g/mol. The van der Waals surface area contributed by atoms with Crippen molar-refractivity contribution in [2.45, 2.75) is 81.6 Å². The van der Waals surface area contributed by atoms with Gasteiger partial charge >= 0.3 is 6.01 Å². The summed E-state index contributed by atoms with van der Waals surface area (Å²) in [6, 6.07) is 3.71. The first-order valence-corrected chi connectivity index (χ1v) is 18.1. The Balaban J connectivity index is 1.14. The van der Waals surface area contributed by atoms with Crippen LogP contribution in [0.25, 0.3) is 0 Å². The van der Waals surface area contributed by atoms with Gasteiger partial charge in [0.15, 0.2) is 0 Å². The van der Waals surface area contributed by atoms with E-state index in [0.717, 1.165) is 73.5 Å². The second-order valence-electron chi connectivity index (χ2n) is 14.2. The molecule has 1 aliphatic carbocycles. The van der Waals surface area contributed by atoms with Crippen LogP contribution in [-0.4, -0.2) is 91.5 Å². The van der Waals surface area contributed by atoms with E-state index in [1.54, 1.807) is 6.07 Å². The first-order chi connectivity index (χ1) is 21.5. The van der Waals surface area contributed by atoms with Crippen molar-refractivity contribution in [3.63, 3.8) is 0 Å². The highest BCUT2D eigenvalue weighted by Gasteiger charge is 2.50. The predicted octanol–water partition coefficient (Wildman–Crippen LogP) is 3.25. The molecule has 3 N–H and O–H groups in total. The molecule has 0 unspecified atom stereocenters. The third-order valence-corrected chi connectivity index (χ3v) is 12.5. The Hall–Kier alpha value is -2.45. The molecule has 2 aromatic rings. The summed E-state index contributed by atoms with van der Waals surface area (Å²) in [6.07, 6.45) is 4.81. The molecule has 1 aromatic carbocycles. The van der Waals surface area contributed by atoms with Crippen LogP contribution in [0.5, 0.6) is 11.8 Å². The summed E-state index contributed by atoms with van der Waals surface area (Å²) in [4.78, 5) is 16.6. The van der Waals surface area contributed by atoms with Gasteiger partial charge in [0, 0.05) is 61.5 Å². The smallest absolute Gasteiger partial charge is 0.318 e. The number of nitrogens with zero attached hydrogens (tertiary/aromatic N) is 5. The molecule has 14 heteroatoms. The van der Waals surface area contributed by atoms with E-state index in [0.29, 0.717) is 69.0 Å². The third-order valence-electron chi connectivity index (χ3n) is 11.0. The van der Waals surface area contributed by atoms with E-state index in [2.05, 4.69) is 31.1 Å². The van der Waals surface area contributed by atoms with Crippen LogP contribution < -0.4 is 24.0 Å². The molecule has 1 saturated carbocycles. The monoisotopic (exact) mass is 661 g/mol. The number of phenolic OH excluding ortho intramolecular Hbond substituents is 1. The molecular weight excluding hydrogens is 621 g/mol. The van der Waals surface area contributed by atoms with E-state index in [4.69, 9.17) is 26.3 Å². The lowest BCUT2D eigenvalue weighted by Gasteiger charge is -2.41. The largest absolute Gasteiger partial charge is 0.508 e. The Kier molecular flexibility index (Phi) is 7.18. The van der Waals surface area contributed by atoms with Crippen molar-refractivity contribution in [1.82, 2.24) is 24.3 Å². The molecule has 1 spiro atoms. The third kappa shape index (κ3) is 5.42. The molecule has 6 aliphatic rings. The highest BCUT2D eigenvalue weighted by Crippen LogP contribution is 2.54. The molecule has 5 atom stereocenters. The number of anilines is 2. The van der Waals surface area contributed by atoms with Crippen LogP contribution in [0.2, 0.25) is 5.02 Å². The molecule has 0 amide bonds. The van der Waals surface area contributed by atoms with Gasteiger partial charge in [-0.25, -0.2) is 9.11 Å². The number of rotatable bonds is 6.